The molecule has 0 heterocycles. The van der Waals surface area contributed by atoms with Crippen molar-refractivity contribution in [2.45, 2.75) is 114 Å². The van der Waals surface area contributed by atoms with E-state index in [1.807, 2.05) is 0 Å². The predicted molar refractivity (Wildman–Crippen MR) is 126 cm³/mol. The van der Waals surface area contributed by atoms with Crippen molar-refractivity contribution >= 4 is 0 Å². The van der Waals surface area contributed by atoms with E-state index in [1.54, 1.807) is 22.3 Å². The fourth-order valence-corrected chi connectivity index (χ4v) is 3.74. The second-order valence-electron chi connectivity index (χ2n) is 8.13. The van der Waals surface area contributed by atoms with Crippen molar-refractivity contribution in [3.8, 4) is 0 Å². The molecule has 0 saturated heterocycles. The molecule has 0 unspecified atom stereocenters. The summed E-state index contributed by atoms with van der Waals surface area (Å²) < 4.78 is 0. The van der Waals surface area contributed by atoms with Gasteiger partial charge in [-0.1, -0.05) is 74.6 Å². The Labute approximate surface area is 171 Å². The number of hydrogen-bond donors (Lipinski definition) is 0. The van der Waals surface area contributed by atoms with Gasteiger partial charge in [0.2, 0.25) is 0 Å². The van der Waals surface area contributed by atoms with Crippen LogP contribution in [0.15, 0.2) is 56.7 Å². The van der Waals surface area contributed by atoms with Crippen LogP contribution < -0.4 is 0 Å². The van der Waals surface area contributed by atoms with E-state index in [1.165, 1.54) is 27.9 Å². The topological polar surface area (TPSA) is 0 Å². The van der Waals surface area contributed by atoms with Crippen molar-refractivity contribution in [1.29, 1.82) is 0 Å². The summed E-state index contributed by atoms with van der Waals surface area (Å²) in [5.41, 5.74) is 13.5. The summed E-state index contributed by atoms with van der Waals surface area (Å²) in [7, 11) is 0. The highest BCUT2D eigenvalue weighted by Gasteiger charge is 2.16. The van der Waals surface area contributed by atoms with Crippen LogP contribution in [-0.2, 0) is 0 Å². The minimum Gasteiger partial charge on any atom is -0.0952 e. The van der Waals surface area contributed by atoms with Crippen LogP contribution in [0.2, 0.25) is 0 Å². The molecule has 0 radical (unpaired) electrons. The first kappa shape index (κ1) is 25.7. The third-order valence-corrected chi connectivity index (χ3v) is 6.10. The summed E-state index contributed by atoms with van der Waals surface area (Å²) in [6.07, 6.45) is 7.73. The van der Waals surface area contributed by atoms with Crippen molar-refractivity contribution in [2.75, 3.05) is 0 Å². The van der Waals surface area contributed by atoms with Crippen molar-refractivity contribution in [1.82, 2.24) is 0 Å². The molecule has 0 nitrogen and oxygen atoms in total. The van der Waals surface area contributed by atoms with Gasteiger partial charge in [-0.2, -0.15) is 0 Å². The van der Waals surface area contributed by atoms with E-state index in [-0.39, 0.29) is 0 Å². The van der Waals surface area contributed by atoms with Gasteiger partial charge in [0.15, 0.2) is 0 Å². The molecule has 154 valence electrons. The lowest BCUT2D eigenvalue weighted by molar-refractivity contribution is 0.889. The lowest BCUT2D eigenvalue weighted by Gasteiger charge is -2.23. The van der Waals surface area contributed by atoms with Crippen LogP contribution in [0.4, 0.5) is 0 Å². The molecule has 0 amide bonds. The van der Waals surface area contributed by atoms with Crippen LogP contribution in [0.1, 0.15) is 114 Å². The van der Waals surface area contributed by atoms with Crippen LogP contribution in [0, 0.1) is 0 Å². The molecule has 0 aromatic heterocycles. The lowest BCUT2D eigenvalue weighted by atomic mass is 9.82. The van der Waals surface area contributed by atoms with E-state index in [4.69, 9.17) is 0 Å². The first-order valence-corrected chi connectivity index (χ1v) is 11.1. The molecule has 0 aromatic carbocycles. The van der Waals surface area contributed by atoms with E-state index >= 15 is 0 Å². The van der Waals surface area contributed by atoms with Crippen LogP contribution in [0.3, 0.4) is 0 Å². The molecule has 0 saturated carbocycles. The monoisotopic (exact) mass is 370 g/mol. The third-order valence-electron chi connectivity index (χ3n) is 6.10. The van der Waals surface area contributed by atoms with E-state index in [2.05, 4.69) is 75.8 Å². The molecule has 0 bridgehead atoms. The zero-order valence-electron chi connectivity index (χ0n) is 20.2. The second-order valence-corrected chi connectivity index (χ2v) is 8.13. The van der Waals surface area contributed by atoms with Crippen LogP contribution in [0.5, 0.6) is 0 Å². The van der Waals surface area contributed by atoms with E-state index in [9.17, 15) is 0 Å². The van der Waals surface area contributed by atoms with Crippen LogP contribution in [0.25, 0.3) is 0 Å². The van der Waals surface area contributed by atoms with Gasteiger partial charge in [-0.05, 0) is 96.3 Å². The summed E-state index contributed by atoms with van der Waals surface area (Å²) in [5.74, 6) is 0. The summed E-state index contributed by atoms with van der Waals surface area (Å²) in [4.78, 5) is 0. The van der Waals surface area contributed by atoms with E-state index in [0.29, 0.717) is 0 Å². The number of rotatable bonds is 11. The fraction of sp³-hybridized carbons (Fsp3) is 0.630. The summed E-state index contributed by atoms with van der Waals surface area (Å²) in [5, 5.41) is 0. The second kappa shape index (κ2) is 13.0. The number of allylic oxidation sites excluding steroid dienone is 9. The molecule has 0 aliphatic rings. The molecule has 0 fully saturated rings. The quantitative estimate of drug-likeness (QED) is 0.251. The summed E-state index contributed by atoms with van der Waals surface area (Å²) in [6.45, 7) is 27.3. The van der Waals surface area contributed by atoms with Crippen molar-refractivity contribution in [3.05, 3.63) is 56.7 Å². The largest absolute Gasteiger partial charge is 0.0952 e. The molecule has 0 spiro atoms. The Morgan fingerprint density at radius 3 is 1.33 bits per heavy atom. The van der Waals surface area contributed by atoms with Crippen molar-refractivity contribution in [2.24, 2.45) is 0 Å². The van der Waals surface area contributed by atoms with Gasteiger partial charge in [0.25, 0.3) is 0 Å². The highest BCUT2D eigenvalue weighted by Crippen LogP contribution is 2.36. The Kier molecular flexibility index (Phi) is 12.4. The van der Waals surface area contributed by atoms with Gasteiger partial charge in [0, 0.05) is 0 Å². The van der Waals surface area contributed by atoms with Gasteiger partial charge in [-0.25, -0.2) is 0 Å². The zero-order valence-corrected chi connectivity index (χ0v) is 20.2. The highest BCUT2D eigenvalue weighted by atomic mass is 14.2. The molecular formula is C27H46. The SMILES string of the molecule is C=C(CC)C(=C(C)CC(CC)=C(C)CC)C(CC(CC)=C(C)CC)=C(C)C. The zero-order chi connectivity index (χ0) is 21.1. The summed E-state index contributed by atoms with van der Waals surface area (Å²) >= 11 is 0. The Balaban J connectivity index is 6.38. The molecule has 0 rings (SSSR count). The van der Waals surface area contributed by atoms with Gasteiger partial charge in [0.1, 0.15) is 0 Å². The average Bonchev–Trinajstić information content (AvgIpc) is 2.66. The minimum absolute atomic E-state index is 1.01. The van der Waals surface area contributed by atoms with Crippen LogP contribution in [-0.4, -0.2) is 0 Å². The predicted octanol–water partition coefficient (Wildman–Crippen LogP) is 9.66. The van der Waals surface area contributed by atoms with Gasteiger partial charge < -0.3 is 0 Å². The average molecular weight is 371 g/mol. The standard InChI is InChI=1S/C27H46/c1-12-20(8)24(15-4)17-23(11)27(22(10)14-3)26(19(6)7)18-25(16-5)21(9)13-2/h10,12-18H2,1-9,11H3. The van der Waals surface area contributed by atoms with E-state index in [0.717, 1.165) is 44.9 Å². The van der Waals surface area contributed by atoms with Crippen molar-refractivity contribution < 1.29 is 0 Å². The molecule has 27 heavy (non-hydrogen) atoms. The normalized spacial score (nSPS) is 14.3. The van der Waals surface area contributed by atoms with Gasteiger partial charge >= 0.3 is 0 Å². The van der Waals surface area contributed by atoms with Gasteiger partial charge in [0.05, 0.1) is 0 Å². The molecule has 0 N–H and O–H groups in total. The maximum atomic E-state index is 4.47. The molecule has 0 aromatic rings. The van der Waals surface area contributed by atoms with Gasteiger partial charge in [-0.3, -0.25) is 0 Å². The molecule has 0 aliphatic heterocycles. The van der Waals surface area contributed by atoms with Crippen molar-refractivity contribution in [3.63, 3.8) is 0 Å². The number of hydrogen-bond acceptors (Lipinski definition) is 0. The minimum atomic E-state index is 1.01. The molecule has 0 heteroatoms. The Hall–Kier alpha value is -1.30. The Morgan fingerprint density at radius 2 is 1.00 bits per heavy atom. The smallest absolute Gasteiger partial charge is 0.00593 e. The van der Waals surface area contributed by atoms with Crippen LogP contribution >= 0.6 is 0 Å². The van der Waals surface area contributed by atoms with E-state index < -0.39 is 0 Å². The first-order chi connectivity index (χ1) is 12.7. The molecular weight excluding hydrogens is 324 g/mol. The summed E-state index contributed by atoms with van der Waals surface area (Å²) in [6, 6.07) is 0. The maximum Gasteiger partial charge on any atom is -0.00593 e. The molecule has 0 aliphatic carbocycles. The Morgan fingerprint density at radius 1 is 0.556 bits per heavy atom. The Bertz CT molecular complexity index is 625. The third kappa shape index (κ3) is 7.68. The maximum absolute atomic E-state index is 4.47. The fourth-order valence-electron chi connectivity index (χ4n) is 3.74. The molecule has 0 atom stereocenters. The highest BCUT2D eigenvalue weighted by molar-refractivity contribution is 5.52. The lowest BCUT2D eigenvalue weighted by Crippen LogP contribution is -2.03. The van der Waals surface area contributed by atoms with Gasteiger partial charge in [-0.15, -0.1) is 0 Å². The first-order valence-electron chi connectivity index (χ1n) is 11.1.